The van der Waals surface area contributed by atoms with Crippen molar-refractivity contribution < 1.29 is 4.42 Å². The third-order valence-electron chi connectivity index (χ3n) is 2.96. The molecule has 1 heterocycles. The monoisotopic (exact) mass is 244 g/mol. The number of aryl methyl sites for hydroxylation is 1. The molecule has 0 fully saturated rings. The Morgan fingerprint density at radius 2 is 2.06 bits per heavy atom. The highest BCUT2D eigenvalue weighted by molar-refractivity contribution is 5.64. The number of aromatic nitrogens is 1. The summed E-state index contributed by atoms with van der Waals surface area (Å²) in [5, 5.41) is 3.37. The first-order valence-electron chi connectivity index (χ1n) is 6.46. The third-order valence-corrected chi connectivity index (χ3v) is 2.96. The van der Waals surface area contributed by atoms with E-state index in [1.54, 1.807) is 0 Å². The van der Waals surface area contributed by atoms with Crippen molar-refractivity contribution in [1.29, 1.82) is 0 Å². The van der Waals surface area contributed by atoms with Crippen LogP contribution in [0.15, 0.2) is 35.1 Å². The minimum atomic E-state index is 0.441. The maximum absolute atomic E-state index is 5.57. The Kier molecular flexibility index (Phi) is 4.15. The summed E-state index contributed by atoms with van der Waals surface area (Å²) in [6.45, 7) is 7.14. The van der Waals surface area contributed by atoms with E-state index in [-0.39, 0.29) is 0 Å². The van der Waals surface area contributed by atoms with Gasteiger partial charge < -0.3 is 9.73 Å². The lowest BCUT2D eigenvalue weighted by atomic mass is 10.0. The fraction of sp³-hybridized carbons (Fsp3) is 0.400. The first-order chi connectivity index (χ1) is 8.72. The van der Waals surface area contributed by atoms with Crippen molar-refractivity contribution in [3.8, 4) is 11.3 Å². The molecule has 0 aliphatic carbocycles. The Hall–Kier alpha value is -1.61. The van der Waals surface area contributed by atoms with Crippen LogP contribution in [-0.2, 0) is 13.0 Å². The highest BCUT2D eigenvalue weighted by Gasteiger charge is 2.13. The molecule has 0 unspecified atom stereocenters. The number of oxazole rings is 1. The van der Waals surface area contributed by atoms with Gasteiger partial charge in [0, 0.05) is 18.2 Å². The zero-order chi connectivity index (χ0) is 13.0. The third kappa shape index (κ3) is 2.79. The zero-order valence-corrected chi connectivity index (χ0v) is 11.2. The maximum atomic E-state index is 5.57. The van der Waals surface area contributed by atoms with E-state index < -0.39 is 0 Å². The van der Waals surface area contributed by atoms with E-state index in [0.717, 1.165) is 30.0 Å². The summed E-state index contributed by atoms with van der Waals surface area (Å²) in [5.74, 6) is 0.889. The van der Waals surface area contributed by atoms with Gasteiger partial charge in [0.05, 0.1) is 0 Å². The molecule has 0 aliphatic heterocycles. The first kappa shape index (κ1) is 12.8. The van der Waals surface area contributed by atoms with Gasteiger partial charge in [-0.25, -0.2) is 4.98 Å². The lowest BCUT2D eigenvalue weighted by Gasteiger charge is -2.09. The molecule has 1 aromatic heterocycles. The number of nitrogens with zero attached hydrogens (tertiary/aromatic N) is 1. The van der Waals surface area contributed by atoms with E-state index >= 15 is 0 Å². The minimum absolute atomic E-state index is 0.441. The molecule has 0 radical (unpaired) electrons. The number of rotatable bonds is 5. The summed E-state index contributed by atoms with van der Waals surface area (Å²) in [6, 6.07) is 8.77. The van der Waals surface area contributed by atoms with Gasteiger partial charge in [-0.3, -0.25) is 0 Å². The molecule has 1 N–H and O–H groups in total. The summed E-state index contributed by atoms with van der Waals surface area (Å²) < 4.78 is 5.57. The molecule has 3 heteroatoms. The highest BCUT2D eigenvalue weighted by atomic mass is 16.3. The number of benzene rings is 1. The molecule has 0 saturated heterocycles. The van der Waals surface area contributed by atoms with Crippen LogP contribution in [0.5, 0.6) is 0 Å². The average Bonchev–Trinajstić information content (AvgIpc) is 2.84. The topological polar surface area (TPSA) is 38.1 Å². The normalized spacial score (nSPS) is 11.1. The van der Waals surface area contributed by atoms with Gasteiger partial charge in [-0.2, -0.15) is 0 Å². The average molecular weight is 244 g/mol. The van der Waals surface area contributed by atoms with E-state index in [9.17, 15) is 0 Å². The Morgan fingerprint density at radius 3 is 2.78 bits per heavy atom. The predicted molar refractivity (Wildman–Crippen MR) is 73.3 cm³/mol. The van der Waals surface area contributed by atoms with Crippen LogP contribution in [0.1, 0.15) is 32.0 Å². The summed E-state index contributed by atoms with van der Waals surface area (Å²) >= 11 is 0. The molecule has 0 aliphatic rings. The van der Waals surface area contributed by atoms with E-state index in [2.05, 4.69) is 49.3 Å². The molecule has 0 saturated carbocycles. The van der Waals surface area contributed by atoms with Gasteiger partial charge in [0.15, 0.2) is 12.2 Å². The first-order valence-corrected chi connectivity index (χ1v) is 6.46. The Balaban J connectivity index is 2.30. The Bertz CT molecular complexity index is 503. The molecule has 2 rings (SSSR count). The molecule has 18 heavy (non-hydrogen) atoms. The van der Waals surface area contributed by atoms with Crippen LogP contribution in [0.25, 0.3) is 11.3 Å². The lowest BCUT2D eigenvalue weighted by Crippen LogP contribution is -2.22. The van der Waals surface area contributed by atoms with E-state index in [4.69, 9.17) is 4.42 Å². The van der Waals surface area contributed by atoms with Crippen LogP contribution < -0.4 is 5.32 Å². The van der Waals surface area contributed by atoms with Crippen molar-refractivity contribution in [3.63, 3.8) is 0 Å². The van der Waals surface area contributed by atoms with E-state index in [1.807, 2.05) is 6.07 Å². The van der Waals surface area contributed by atoms with Crippen molar-refractivity contribution in [2.45, 2.75) is 39.8 Å². The molecule has 3 nitrogen and oxygen atoms in total. The molecule has 96 valence electrons. The van der Waals surface area contributed by atoms with Crippen molar-refractivity contribution in [2.75, 3.05) is 0 Å². The predicted octanol–water partition coefficient (Wildman–Crippen LogP) is 3.40. The second-order valence-corrected chi connectivity index (χ2v) is 4.67. The standard InChI is InChI=1S/C15H20N2O/c1-4-12-7-5-6-8-13(12)15-14(17-10-18-15)9-16-11(2)3/h5-8,10-11,16H,4,9H2,1-3H3. The molecular formula is C15H20N2O. The van der Waals surface area contributed by atoms with Crippen molar-refractivity contribution in [1.82, 2.24) is 10.3 Å². The van der Waals surface area contributed by atoms with Crippen LogP contribution in [0, 0.1) is 0 Å². The second kappa shape index (κ2) is 5.83. The van der Waals surface area contributed by atoms with Gasteiger partial charge in [0.2, 0.25) is 0 Å². The Labute approximate surface area is 108 Å². The quantitative estimate of drug-likeness (QED) is 0.876. The molecule has 0 amide bonds. The maximum Gasteiger partial charge on any atom is 0.181 e. The summed E-state index contributed by atoms with van der Waals surface area (Å²) in [7, 11) is 0. The largest absolute Gasteiger partial charge is 0.443 e. The number of nitrogens with one attached hydrogen (secondary N) is 1. The van der Waals surface area contributed by atoms with Crippen molar-refractivity contribution in [2.24, 2.45) is 0 Å². The van der Waals surface area contributed by atoms with Gasteiger partial charge in [0.25, 0.3) is 0 Å². The number of hydrogen-bond donors (Lipinski definition) is 1. The van der Waals surface area contributed by atoms with Gasteiger partial charge >= 0.3 is 0 Å². The van der Waals surface area contributed by atoms with Gasteiger partial charge in [-0.15, -0.1) is 0 Å². The van der Waals surface area contributed by atoms with Crippen LogP contribution in [0.4, 0.5) is 0 Å². The number of hydrogen-bond acceptors (Lipinski definition) is 3. The summed E-state index contributed by atoms with van der Waals surface area (Å²) in [6.07, 6.45) is 2.52. The van der Waals surface area contributed by atoms with E-state index in [1.165, 1.54) is 12.0 Å². The SMILES string of the molecule is CCc1ccccc1-c1ocnc1CNC(C)C. The molecule has 0 spiro atoms. The second-order valence-electron chi connectivity index (χ2n) is 4.67. The van der Waals surface area contributed by atoms with E-state index in [0.29, 0.717) is 6.04 Å². The van der Waals surface area contributed by atoms with Crippen LogP contribution in [-0.4, -0.2) is 11.0 Å². The molecule has 1 aromatic carbocycles. The van der Waals surface area contributed by atoms with Crippen molar-refractivity contribution in [3.05, 3.63) is 41.9 Å². The molecule has 0 atom stereocenters. The van der Waals surface area contributed by atoms with Crippen LogP contribution >= 0.6 is 0 Å². The summed E-state index contributed by atoms with van der Waals surface area (Å²) in [5.41, 5.74) is 3.42. The molecule has 2 aromatic rings. The van der Waals surface area contributed by atoms with Crippen molar-refractivity contribution >= 4 is 0 Å². The summed E-state index contributed by atoms with van der Waals surface area (Å²) in [4.78, 5) is 4.31. The zero-order valence-electron chi connectivity index (χ0n) is 11.2. The highest BCUT2D eigenvalue weighted by Crippen LogP contribution is 2.27. The molecule has 0 bridgehead atoms. The smallest absolute Gasteiger partial charge is 0.181 e. The van der Waals surface area contributed by atoms with Gasteiger partial charge in [-0.1, -0.05) is 45.0 Å². The molecular weight excluding hydrogens is 224 g/mol. The fourth-order valence-electron chi connectivity index (χ4n) is 1.97. The lowest BCUT2D eigenvalue weighted by molar-refractivity contribution is 0.562. The van der Waals surface area contributed by atoms with Gasteiger partial charge in [-0.05, 0) is 12.0 Å². The van der Waals surface area contributed by atoms with Crippen LogP contribution in [0.2, 0.25) is 0 Å². The van der Waals surface area contributed by atoms with Crippen LogP contribution in [0.3, 0.4) is 0 Å². The minimum Gasteiger partial charge on any atom is -0.443 e. The van der Waals surface area contributed by atoms with Gasteiger partial charge in [0.1, 0.15) is 5.69 Å². The fourth-order valence-corrected chi connectivity index (χ4v) is 1.97. The Morgan fingerprint density at radius 1 is 1.28 bits per heavy atom.